The maximum Gasteiger partial charge on any atom is 0.145 e. The van der Waals surface area contributed by atoms with Gasteiger partial charge in [0.15, 0.2) is 0 Å². The average Bonchev–Trinajstić information content (AvgIpc) is 3.54. The summed E-state index contributed by atoms with van der Waals surface area (Å²) in [5.74, 6) is -0.447. The lowest BCUT2D eigenvalue weighted by atomic mass is 9.51. The number of hydrogen-bond donors (Lipinski definition) is 7. The van der Waals surface area contributed by atoms with E-state index in [1.807, 2.05) is 39.2 Å². The van der Waals surface area contributed by atoms with E-state index in [0.717, 1.165) is 68.2 Å². The third-order valence-corrected chi connectivity index (χ3v) is 13.6. The number of carbonyl (C=O) groups is 1. The van der Waals surface area contributed by atoms with Crippen molar-refractivity contribution >= 4 is 6.29 Å². The number of fused-ring (bicyclic) bond motifs is 2. The third-order valence-electron chi connectivity index (χ3n) is 13.6. The number of aldehydes is 1. The number of methoxy groups -OCH3 is 1. The number of nitrogens with one attached hydrogen (secondary N) is 3. The van der Waals surface area contributed by atoms with E-state index < -0.39 is 17.1 Å². The number of ether oxygens (including phenoxy) is 1. The molecular weight excluding hydrogens is 703 g/mol. The van der Waals surface area contributed by atoms with Gasteiger partial charge in [-0.1, -0.05) is 71.9 Å². The number of benzene rings is 1. The zero-order valence-corrected chi connectivity index (χ0v) is 35.0. The van der Waals surface area contributed by atoms with E-state index in [9.17, 15) is 25.2 Å². The molecule has 56 heavy (non-hydrogen) atoms. The van der Waals surface area contributed by atoms with E-state index in [4.69, 9.17) is 4.74 Å². The summed E-state index contributed by atoms with van der Waals surface area (Å²) in [6, 6.07) is 8.96. The molecule has 1 aliphatic heterocycles. The van der Waals surface area contributed by atoms with Gasteiger partial charge in [0.2, 0.25) is 0 Å². The van der Waals surface area contributed by atoms with Crippen LogP contribution >= 0.6 is 0 Å². The normalized spacial score (nSPS) is 31.2. The topological polar surface area (TPSA) is 143 Å². The smallest absolute Gasteiger partial charge is 0.145 e. The maximum absolute atomic E-state index is 12.5. The van der Waals surface area contributed by atoms with Gasteiger partial charge in [0.25, 0.3) is 0 Å². The van der Waals surface area contributed by atoms with Crippen molar-refractivity contribution in [2.75, 3.05) is 60.7 Å². The van der Waals surface area contributed by atoms with Gasteiger partial charge in [0.05, 0.1) is 18.3 Å². The molecule has 7 unspecified atom stereocenters. The van der Waals surface area contributed by atoms with Gasteiger partial charge >= 0.3 is 0 Å². The Morgan fingerprint density at radius 3 is 2.55 bits per heavy atom. The van der Waals surface area contributed by atoms with Gasteiger partial charge in [-0.25, -0.2) is 0 Å². The van der Waals surface area contributed by atoms with Crippen LogP contribution in [0.2, 0.25) is 0 Å². The van der Waals surface area contributed by atoms with Gasteiger partial charge < -0.3 is 41.1 Å². The van der Waals surface area contributed by atoms with Crippen molar-refractivity contribution in [1.82, 2.24) is 16.0 Å². The van der Waals surface area contributed by atoms with Gasteiger partial charge in [-0.05, 0) is 152 Å². The molecular formula is C47H73N3O6. The van der Waals surface area contributed by atoms with Gasteiger partial charge in [-0.15, -0.1) is 0 Å². The van der Waals surface area contributed by atoms with Crippen LogP contribution < -0.4 is 16.0 Å². The SMILES string of the molecule is C=C(C=CC=C(CO)C1CCC2(C(CCCO)C(=C(C)C=O)CCC2(O)CCNC)C1O)C1CC=C(C)CNC(CCNC)(CCOC)Cc2cccc(c2)C1. The Morgan fingerprint density at radius 1 is 1.11 bits per heavy atom. The molecule has 0 aromatic heterocycles. The lowest BCUT2D eigenvalue weighted by Crippen LogP contribution is -2.61. The summed E-state index contributed by atoms with van der Waals surface area (Å²) in [5, 5.41) is 56.1. The Kier molecular flexibility index (Phi) is 17.9. The molecule has 312 valence electrons. The molecule has 1 spiro atoms. The fraction of sp³-hybridized carbons (Fsp3) is 0.638. The molecule has 4 rings (SSSR count). The number of allylic oxidation sites excluding steroid dienone is 7. The first kappa shape index (κ1) is 46.0. The zero-order chi connectivity index (χ0) is 40.8. The average molecular weight is 776 g/mol. The molecule has 2 saturated carbocycles. The van der Waals surface area contributed by atoms with Crippen LogP contribution in [0.4, 0.5) is 0 Å². The molecule has 9 heteroatoms. The van der Waals surface area contributed by atoms with E-state index in [1.165, 1.54) is 16.7 Å². The number of aliphatic hydroxyl groups excluding tert-OH is 3. The van der Waals surface area contributed by atoms with Crippen LogP contribution in [-0.2, 0) is 22.4 Å². The molecule has 7 atom stereocenters. The Balaban J connectivity index is 1.61. The van der Waals surface area contributed by atoms with Gasteiger partial charge in [-0.3, -0.25) is 4.79 Å². The summed E-state index contributed by atoms with van der Waals surface area (Å²) < 4.78 is 5.56. The monoisotopic (exact) mass is 776 g/mol. The number of hydrogen-bond acceptors (Lipinski definition) is 9. The number of rotatable bonds is 18. The Hall–Kier alpha value is -2.73. The fourth-order valence-corrected chi connectivity index (χ4v) is 10.3. The van der Waals surface area contributed by atoms with Crippen molar-refractivity contribution in [1.29, 1.82) is 0 Å². The second kappa shape index (κ2) is 21.9. The Bertz CT molecular complexity index is 1560. The van der Waals surface area contributed by atoms with E-state index in [0.29, 0.717) is 63.7 Å². The van der Waals surface area contributed by atoms with Crippen molar-refractivity contribution in [3.05, 3.63) is 94.1 Å². The molecule has 3 aliphatic rings. The van der Waals surface area contributed by atoms with Crippen LogP contribution in [0.15, 0.2) is 83.0 Å². The molecule has 0 amide bonds. The van der Waals surface area contributed by atoms with Crippen molar-refractivity contribution in [3.8, 4) is 0 Å². The first-order chi connectivity index (χ1) is 27.0. The van der Waals surface area contributed by atoms with E-state index in [1.54, 1.807) is 7.11 Å². The Morgan fingerprint density at radius 2 is 1.86 bits per heavy atom. The number of carbonyl (C=O) groups excluding carboxylic acids is 1. The lowest BCUT2D eigenvalue weighted by Gasteiger charge is -2.57. The minimum absolute atomic E-state index is 0.00381. The molecule has 0 saturated heterocycles. The van der Waals surface area contributed by atoms with Crippen molar-refractivity contribution < 1.29 is 30.0 Å². The molecule has 2 aliphatic carbocycles. The summed E-state index contributed by atoms with van der Waals surface area (Å²) in [4.78, 5) is 12.1. The van der Waals surface area contributed by atoms with Crippen LogP contribution in [0.3, 0.4) is 0 Å². The van der Waals surface area contributed by atoms with Crippen LogP contribution in [-0.4, -0.2) is 105 Å². The fourth-order valence-electron chi connectivity index (χ4n) is 10.3. The molecule has 1 aromatic carbocycles. The number of aliphatic hydroxyl groups is 4. The summed E-state index contributed by atoms with van der Waals surface area (Å²) in [7, 11) is 5.64. The van der Waals surface area contributed by atoms with E-state index >= 15 is 0 Å². The standard InChI is InChI=1S/C47H73N3O6/c1-34-15-16-39(29-37-11-8-12-38(28-37)30-45(50-31-34,21-24-48-4)23-27-56-6)35(2)10-7-13-40(33-53)42-18-20-47(44(42)54)43(14-9-26-51)41(36(3)32-52)17-19-46(47,55)22-25-49-5/h7-8,10-13,15,28,32,39,42-44,48-51,53-55H,2,9,14,16-27,29-31,33H2,1,3-6H3. The lowest BCUT2D eigenvalue weighted by molar-refractivity contribution is -0.180. The molecule has 1 heterocycles. The second-order valence-electron chi connectivity index (χ2n) is 17.0. The predicted octanol–water partition coefficient (Wildman–Crippen LogP) is 5.54. The quantitative estimate of drug-likeness (QED) is 0.0443. The van der Waals surface area contributed by atoms with Crippen molar-refractivity contribution in [2.24, 2.45) is 23.2 Å². The highest BCUT2D eigenvalue weighted by atomic mass is 16.5. The molecule has 9 nitrogen and oxygen atoms in total. The first-order valence-corrected chi connectivity index (χ1v) is 21.1. The van der Waals surface area contributed by atoms with Crippen molar-refractivity contribution in [2.45, 2.75) is 108 Å². The first-order valence-electron chi connectivity index (χ1n) is 21.1. The van der Waals surface area contributed by atoms with Crippen LogP contribution in [0, 0.1) is 23.2 Å². The molecule has 2 fully saturated rings. The van der Waals surface area contributed by atoms with Gasteiger partial charge in [0, 0.05) is 43.7 Å². The third kappa shape index (κ3) is 10.9. The molecule has 2 bridgehead atoms. The summed E-state index contributed by atoms with van der Waals surface area (Å²) >= 11 is 0. The minimum atomic E-state index is -1.17. The molecule has 1 aromatic rings. The van der Waals surface area contributed by atoms with Crippen LogP contribution in [0.5, 0.6) is 0 Å². The highest BCUT2D eigenvalue weighted by Gasteiger charge is 2.65. The minimum Gasteiger partial charge on any atom is -0.396 e. The van der Waals surface area contributed by atoms with Crippen LogP contribution in [0.25, 0.3) is 0 Å². The van der Waals surface area contributed by atoms with E-state index in [2.05, 4.69) is 59.8 Å². The Labute approximate surface area is 337 Å². The van der Waals surface area contributed by atoms with Gasteiger partial charge in [-0.2, -0.15) is 0 Å². The second-order valence-corrected chi connectivity index (χ2v) is 17.0. The highest BCUT2D eigenvalue weighted by Crippen LogP contribution is 2.63. The predicted molar refractivity (Wildman–Crippen MR) is 227 cm³/mol. The largest absolute Gasteiger partial charge is 0.396 e. The summed E-state index contributed by atoms with van der Waals surface area (Å²) in [6.45, 7) is 11.3. The summed E-state index contributed by atoms with van der Waals surface area (Å²) in [6.07, 6.45) is 16.5. The van der Waals surface area contributed by atoms with Crippen LogP contribution in [0.1, 0.15) is 89.2 Å². The summed E-state index contributed by atoms with van der Waals surface area (Å²) in [5.41, 5.74) is 5.07. The van der Waals surface area contributed by atoms with Gasteiger partial charge in [0.1, 0.15) is 6.29 Å². The zero-order valence-electron chi connectivity index (χ0n) is 35.0. The van der Waals surface area contributed by atoms with Crippen molar-refractivity contribution in [3.63, 3.8) is 0 Å². The van der Waals surface area contributed by atoms with E-state index in [-0.39, 0.29) is 36.5 Å². The molecule has 7 N–H and O–H groups in total. The maximum atomic E-state index is 12.5. The highest BCUT2D eigenvalue weighted by molar-refractivity contribution is 5.74. The molecule has 0 radical (unpaired) electrons.